The van der Waals surface area contributed by atoms with Gasteiger partial charge >= 0.3 is 11.9 Å². The van der Waals surface area contributed by atoms with Crippen LogP contribution in [0.2, 0.25) is 0 Å². The normalized spacial score (nSPS) is 11.1. The minimum absolute atomic E-state index is 0.141. The molecule has 0 aliphatic heterocycles. The van der Waals surface area contributed by atoms with Crippen LogP contribution in [0.3, 0.4) is 0 Å². The number of carboxylic acid groups (broad SMARTS) is 1. The number of Topliss-reactive ketones (excluding diaryl/α,β-unsaturated/α-hetero) is 1. The second kappa shape index (κ2) is 10.2. The fourth-order valence-electron chi connectivity index (χ4n) is 1.96. The number of carboxylic acids is 1. The largest absolute Gasteiger partial charge is 0.478 e. The molecular formula is C19H16F4O5. The quantitative estimate of drug-likeness (QED) is 0.355. The second-order valence-corrected chi connectivity index (χ2v) is 5.39. The molecule has 9 heteroatoms. The van der Waals surface area contributed by atoms with Gasteiger partial charge in [0.1, 0.15) is 29.2 Å². The molecule has 0 bridgehead atoms. The van der Waals surface area contributed by atoms with Crippen molar-refractivity contribution in [3.63, 3.8) is 0 Å². The first kappa shape index (κ1) is 22.8. The van der Waals surface area contributed by atoms with Gasteiger partial charge in [0.2, 0.25) is 0 Å². The third-order valence-electron chi connectivity index (χ3n) is 3.39. The summed E-state index contributed by atoms with van der Waals surface area (Å²) < 4.78 is 55.3. The Labute approximate surface area is 157 Å². The van der Waals surface area contributed by atoms with Crippen LogP contribution in [0.15, 0.2) is 36.4 Å². The number of rotatable bonds is 5. The van der Waals surface area contributed by atoms with Gasteiger partial charge in [-0.3, -0.25) is 9.59 Å². The van der Waals surface area contributed by atoms with Gasteiger partial charge in [0.05, 0.1) is 17.7 Å². The smallest absolute Gasteiger partial charge is 0.338 e. The Morgan fingerprint density at radius 3 is 1.79 bits per heavy atom. The predicted molar refractivity (Wildman–Crippen MR) is 89.8 cm³/mol. The van der Waals surface area contributed by atoms with Crippen LogP contribution in [-0.2, 0) is 9.53 Å². The summed E-state index contributed by atoms with van der Waals surface area (Å²) in [5.41, 5.74) is -0.835. The summed E-state index contributed by atoms with van der Waals surface area (Å²) in [6.45, 7) is 3.07. The molecule has 28 heavy (non-hydrogen) atoms. The lowest BCUT2D eigenvalue weighted by Crippen LogP contribution is -2.24. The Balaban J connectivity index is 0.000000307. The second-order valence-electron chi connectivity index (χ2n) is 5.39. The van der Waals surface area contributed by atoms with Gasteiger partial charge in [-0.15, -0.1) is 0 Å². The monoisotopic (exact) mass is 400 g/mol. The predicted octanol–water partition coefficient (Wildman–Crippen LogP) is 4.01. The number of esters is 1. The zero-order valence-corrected chi connectivity index (χ0v) is 14.8. The fourth-order valence-corrected chi connectivity index (χ4v) is 1.96. The van der Waals surface area contributed by atoms with Crippen molar-refractivity contribution in [2.75, 3.05) is 6.61 Å². The molecule has 5 nitrogen and oxygen atoms in total. The summed E-state index contributed by atoms with van der Waals surface area (Å²) in [5, 5.41) is 8.29. The number of ether oxygens (including phenoxy) is 1. The highest BCUT2D eigenvalue weighted by atomic mass is 19.1. The van der Waals surface area contributed by atoms with E-state index >= 15 is 0 Å². The average molecular weight is 400 g/mol. The van der Waals surface area contributed by atoms with E-state index in [1.807, 2.05) is 0 Å². The van der Waals surface area contributed by atoms with Gasteiger partial charge in [-0.2, -0.15) is 0 Å². The number of aromatic carboxylic acids is 1. The van der Waals surface area contributed by atoms with Gasteiger partial charge in [0.25, 0.3) is 0 Å². The molecule has 0 fully saturated rings. The van der Waals surface area contributed by atoms with Crippen molar-refractivity contribution in [2.24, 2.45) is 5.92 Å². The summed E-state index contributed by atoms with van der Waals surface area (Å²) >= 11 is 0. The van der Waals surface area contributed by atoms with Crippen molar-refractivity contribution < 1.29 is 41.8 Å². The summed E-state index contributed by atoms with van der Waals surface area (Å²) in [6, 6.07) is 4.89. The fraction of sp³-hybridized carbons (Fsp3) is 0.211. The van der Waals surface area contributed by atoms with E-state index in [0.717, 1.165) is 24.3 Å². The van der Waals surface area contributed by atoms with Crippen molar-refractivity contribution >= 4 is 17.7 Å². The maximum absolute atomic E-state index is 13.3. The summed E-state index contributed by atoms with van der Waals surface area (Å²) in [7, 11) is 0. The molecule has 0 aromatic heterocycles. The van der Waals surface area contributed by atoms with Gasteiger partial charge in [-0.05, 0) is 38.1 Å². The molecule has 2 rings (SSSR count). The van der Waals surface area contributed by atoms with Crippen molar-refractivity contribution in [3.8, 4) is 0 Å². The number of hydrogen-bond acceptors (Lipinski definition) is 4. The van der Waals surface area contributed by atoms with Crippen LogP contribution in [0.5, 0.6) is 0 Å². The van der Waals surface area contributed by atoms with Gasteiger partial charge in [-0.25, -0.2) is 22.4 Å². The molecule has 2 aromatic rings. The van der Waals surface area contributed by atoms with Gasteiger partial charge in [0, 0.05) is 12.1 Å². The third kappa shape index (κ3) is 6.19. The van der Waals surface area contributed by atoms with E-state index in [9.17, 15) is 31.9 Å². The molecule has 0 saturated heterocycles. The first-order valence-corrected chi connectivity index (χ1v) is 7.92. The van der Waals surface area contributed by atoms with E-state index in [2.05, 4.69) is 4.74 Å². The Bertz CT molecular complexity index is 883. The Hall–Kier alpha value is -3.23. The van der Waals surface area contributed by atoms with Gasteiger partial charge in [-0.1, -0.05) is 0 Å². The first-order chi connectivity index (χ1) is 13.1. The number of carbonyl (C=O) groups excluding carboxylic acids is 2. The molecule has 0 amide bonds. The highest BCUT2D eigenvalue weighted by Crippen LogP contribution is 2.15. The zero-order chi connectivity index (χ0) is 21.4. The molecule has 1 atom stereocenters. The molecule has 0 heterocycles. The SMILES string of the molecule is CCOC(=O)C(C)C(=O)c1ccc(F)cc1F.O=C(O)c1ccc(F)cc1F. The molecule has 0 radical (unpaired) electrons. The van der Waals surface area contributed by atoms with Crippen LogP contribution in [0.4, 0.5) is 17.6 Å². The lowest BCUT2D eigenvalue weighted by molar-refractivity contribution is -0.145. The van der Waals surface area contributed by atoms with E-state index in [1.54, 1.807) is 6.92 Å². The van der Waals surface area contributed by atoms with E-state index in [-0.39, 0.29) is 12.2 Å². The summed E-state index contributed by atoms with van der Waals surface area (Å²) in [6.07, 6.45) is 0. The highest BCUT2D eigenvalue weighted by Gasteiger charge is 2.26. The van der Waals surface area contributed by atoms with Crippen molar-refractivity contribution in [3.05, 3.63) is 70.8 Å². The minimum atomic E-state index is -1.40. The molecule has 0 aliphatic rings. The Morgan fingerprint density at radius 1 is 0.929 bits per heavy atom. The van der Waals surface area contributed by atoms with Crippen molar-refractivity contribution in [1.29, 1.82) is 0 Å². The maximum atomic E-state index is 13.3. The molecular weight excluding hydrogens is 384 g/mol. The van der Waals surface area contributed by atoms with Crippen LogP contribution in [-0.4, -0.2) is 29.4 Å². The molecule has 0 saturated carbocycles. The van der Waals surface area contributed by atoms with Gasteiger partial charge < -0.3 is 9.84 Å². The van der Waals surface area contributed by atoms with E-state index in [0.29, 0.717) is 12.1 Å². The minimum Gasteiger partial charge on any atom is -0.478 e. The van der Waals surface area contributed by atoms with E-state index in [1.165, 1.54) is 6.92 Å². The van der Waals surface area contributed by atoms with Crippen molar-refractivity contribution in [1.82, 2.24) is 0 Å². The highest BCUT2D eigenvalue weighted by molar-refractivity contribution is 6.08. The number of hydrogen-bond donors (Lipinski definition) is 1. The van der Waals surface area contributed by atoms with Crippen LogP contribution in [0.25, 0.3) is 0 Å². The van der Waals surface area contributed by atoms with Crippen LogP contribution in [0.1, 0.15) is 34.6 Å². The molecule has 0 spiro atoms. The number of carbonyl (C=O) groups is 3. The average Bonchev–Trinajstić information content (AvgIpc) is 2.61. The summed E-state index contributed by atoms with van der Waals surface area (Å²) in [4.78, 5) is 33.2. The lowest BCUT2D eigenvalue weighted by atomic mass is 9.99. The molecule has 0 aliphatic carbocycles. The lowest BCUT2D eigenvalue weighted by Gasteiger charge is -2.09. The molecule has 2 aromatic carbocycles. The van der Waals surface area contributed by atoms with Gasteiger partial charge in [0.15, 0.2) is 5.78 Å². The van der Waals surface area contributed by atoms with Crippen LogP contribution >= 0.6 is 0 Å². The third-order valence-corrected chi connectivity index (χ3v) is 3.39. The maximum Gasteiger partial charge on any atom is 0.338 e. The van der Waals surface area contributed by atoms with E-state index in [4.69, 9.17) is 5.11 Å². The number of benzene rings is 2. The number of ketones is 1. The van der Waals surface area contributed by atoms with E-state index < -0.39 is 52.5 Å². The number of halogens is 4. The Morgan fingerprint density at radius 2 is 1.39 bits per heavy atom. The first-order valence-electron chi connectivity index (χ1n) is 7.92. The van der Waals surface area contributed by atoms with Crippen molar-refractivity contribution in [2.45, 2.75) is 13.8 Å². The molecule has 150 valence electrons. The standard InChI is InChI=1S/C12H12F2O3.C7H4F2O2/c1-3-17-12(16)7(2)11(15)9-5-4-8(13)6-10(9)14;8-4-1-2-5(7(10)11)6(9)3-4/h4-7H,3H2,1-2H3;1-3H,(H,10,11). The summed E-state index contributed by atoms with van der Waals surface area (Å²) in [5.74, 6) is -7.54. The van der Waals surface area contributed by atoms with Crippen LogP contribution in [0, 0.1) is 29.2 Å². The molecule has 1 unspecified atom stereocenters. The van der Waals surface area contributed by atoms with Crippen LogP contribution < -0.4 is 0 Å². The zero-order valence-electron chi connectivity index (χ0n) is 14.8. The topological polar surface area (TPSA) is 80.7 Å². The Kier molecular flexibility index (Phi) is 8.30. The molecule has 1 N–H and O–H groups in total.